The van der Waals surface area contributed by atoms with E-state index in [0.717, 1.165) is 39.0 Å². The summed E-state index contributed by atoms with van der Waals surface area (Å²) in [5, 5.41) is 3.53. The highest BCUT2D eigenvalue weighted by Gasteiger charge is 2.26. The van der Waals surface area contributed by atoms with E-state index in [9.17, 15) is 0 Å². The number of rotatable bonds is 5. The summed E-state index contributed by atoms with van der Waals surface area (Å²) in [5.41, 5.74) is 6.61. The summed E-state index contributed by atoms with van der Waals surface area (Å²) in [6, 6.07) is 15.8. The molecule has 3 heterocycles. The number of hydrogen-bond donors (Lipinski definition) is 1. The minimum absolute atomic E-state index is 0.495. The highest BCUT2D eigenvalue weighted by Crippen LogP contribution is 2.36. The molecule has 2 aliphatic heterocycles. The van der Waals surface area contributed by atoms with Gasteiger partial charge in [-0.15, -0.1) is 6.58 Å². The van der Waals surface area contributed by atoms with E-state index in [1.807, 2.05) is 6.08 Å². The summed E-state index contributed by atoms with van der Waals surface area (Å²) in [4.78, 5) is 7.69. The van der Waals surface area contributed by atoms with Crippen molar-refractivity contribution >= 4 is 16.7 Å². The molecule has 0 saturated carbocycles. The fourth-order valence-corrected chi connectivity index (χ4v) is 4.88. The number of hydrogen-bond acceptors (Lipinski definition) is 3. The number of fused-ring (bicyclic) bond motifs is 3. The Hall–Kier alpha value is -2.59. The van der Waals surface area contributed by atoms with Crippen LogP contribution in [0.15, 0.2) is 55.1 Å². The second-order valence-electron chi connectivity index (χ2n) is 7.98. The highest BCUT2D eigenvalue weighted by molar-refractivity contribution is 5.86. The van der Waals surface area contributed by atoms with E-state index in [0.29, 0.717) is 6.04 Å². The van der Waals surface area contributed by atoms with Crippen molar-refractivity contribution in [3.63, 3.8) is 0 Å². The van der Waals surface area contributed by atoms with Crippen LogP contribution in [-0.4, -0.2) is 35.7 Å². The maximum absolute atomic E-state index is 5.24. The average Bonchev–Trinajstić information content (AvgIpc) is 3.36. The number of nitrogens with one attached hydrogen (secondary N) is 1. The molecule has 0 bridgehead atoms. The quantitative estimate of drug-likeness (QED) is 0.685. The Bertz CT molecular complexity index is 983. The van der Waals surface area contributed by atoms with Crippen LogP contribution in [0.25, 0.3) is 11.0 Å². The first kappa shape index (κ1) is 17.5. The summed E-state index contributed by atoms with van der Waals surface area (Å²) >= 11 is 0. The van der Waals surface area contributed by atoms with Crippen LogP contribution in [0.1, 0.15) is 35.8 Å². The van der Waals surface area contributed by atoms with Gasteiger partial charge < -0.3 is 14.8 Å². The lowest BCUT2D eigenvalue weighted by atomic mass is 10.00. The molecule has 4 heteroatoms. The predicted octanol–water partition coefficient (Wildman–Crippen LogP) is 4.10. The van der Waals surface area contributed by atoms with E-state index in [4.69, 9.17) is 4.98 Å². The fraction of sp³-hybridized carbons (Fsp3) is 0.375. The van der Waals surface area contributed by atoms with Crippen molar-refractivity contribution in [2.75, 3.05) is 31.1 Å². The number of aryl methyl sites for hydroxylation is 1. The number of imidazole rings is 1. The van der Waals surface area contributed by atoms with Gasteiger partial charge in [0.05, 0.1) is 11.0 Å². The van der Waals surface area contributed by atoms with E-state index < -0.39 is 0 Å². The maximum atomic E-state index is 5.24. The van der Waals surface area contributed by atoms with Crippen LogP contribution in [0.4, 0.5) is 5.69 Å². The van der Waals surface area contributed by atoms with Crippen molar-refractivity contribution in [1.82, 2.24) is 14.9 Å². The molecule has 1 fully saturated rings. The van der Waals surface area contributed by atoms with E-state index in [2.05, 4.69) is 63.8 Å². The zero-order valence-electron chi connectivity index (χ0n) is 16.4. The first-order chi connectivity index (χ1) is 13.8. The van der Waals surface area contributed by atoms with Gasteiger partial charge in [0.1, 0.15) is 5.82 Å². The summed E-state index contributed by atoms with van der Waals surface area (Å²) in [6.45, 7) is 8.08. The second kappa shape index (κ2) is 7.44. The molecule has 1 atom stereocenters. The molecule has 0 aliphatic carbocycles. The summed E-state index contributed by atoms with van der Waals surface area (Å²) in [6.07, 6.45) is 6.36. The lowest BCUT2D eigenvalue weighted by Gasteiger charge is -2.30. The first-order valence-corrected chi connectivity index (χ1v) is 10.5. The average molecular weight is 373 g/mol. The smallest absolute Gasteiger partial charge is 0.114 e. The van der Waals surface area contributed by atoms with Crippen LogP contribution in [0.3, 0.4) is 0 Å². The topological polar surface area (TPSA) is 33.1 Å². The van der Waals surface area contributed by atoms with Crippen LogP contribution in [0, 0.1) is 0 Å². The second-order valence-corrected chi connectivity index (χ2v) is 7.98. The molecule has 2 aliphatic rings. The third kappa shape index (κ3) is 3.02. The van der Waals surface area contributed by atoms with Gasteiger partial charge in [-0.1, -0.05) is 36.4 Å². The van der Waals surface area contributed by atoms with Gasteiger partial charge in [-0.2, -0.15) is 0 Å². The monoisotopic (exact) mass is 372 g/mol. The van der Waals surface area contributed by atoms with Crippen LogP contribution < -0.4 is 10.2 Å². The number of anilines is 1. The zero-order chi connectivity index (χ0) is 18.9. The van der Waals surface area contributed by atoms with Crippen LogP contribution in [0.2, 0.25) is 0 Å². The van der Waals surface area contributed by atoms with Gasteiger partial charge in [0, 0.05) is 43.3 Å². The summed E-state index contributed by atoms with van der Waals surface area (Å²) < 4.78 is 2.52. The van der Waals surface area contributed by atoms with Crippen LogP contribution in [0.5, 0.6) is 0 Å². The largest absolute Gasteiger partial charge is 0.368 e. The van der Waals surface area contributed by atoms with E-state index in [1.165, 1.54) is 46.5 Å². The van der Waals surface area contributed by atoms with Gasteiger partial charge in [0.2, 0.25) is 0 Å². The Morgan fingerprint density at radius 1 is 1.18 bits per heavy atom. The molecule has 1 N–H and O–H groups in total. The van der Waals surface area contributed by atoms with Gasteiger partial charge in [0.25, 0.3) is 0 Å². The molecule has 5 rings (SSSR count). The molecule has 3 aromatic rings. The van der Waals surface area contributed by atoms with Crippen molar-refractivity contribution in [1.29, 1.82) is 0 Å². The molecule has 1 unspecified atom stereocenters. The van der Waals surface area contributed by atoms with Crippen molar-refractivity contribution in [3.05, 3.63) is 72.1 Å². The third-order valence-electron chi connectivity index (χ3n) is 6.16. The standard InChI is InChI=1S/C24H28N4/c1-2-14-27-15-6-9-20-21(27)10-11-22-24(20)26-23(16-18-7-4-3-5-8-18)28(22)19-12-13-25-17-19/h2-5,7-8,10-11,19,25H,1,6,9,12-17H2. The molecule has 1 saturated heterocycles. The third-order valence-corrected chi connectivity index (χ3v) is 6.16. The molecular weight excluding hydrogens is 344 g/mol. The van der Waals surface area contributed by atoms with Crippen molar-refractivity contribution in [2.45, 2.75) is 31.7 Å². The van der Waals surface area contributed by atoms with Crippen molar-refractivity contribution in [3.8, 4) is 0 Å². The number of benzene rings is 2. The zero-order valence-corrected chi connectivity index (χ0v) is 16.4. The Kier molecular flexibility index (Phi) is 4.65. The minimum atomic E-state index is 0.495. The molecule has 2 aromatic carbocycles. The van der Waals surface area contributed by atoms with Gasteiger partial charge >= 0.3 is 0 Å². The van der Waals surface area contributed by atoms with Gasteiger partial charge in [-0.05, 0) is 43.5 Å². The maximum Gasteiger partial charge on any atom is 0.114 e. The molecule has 144 valence electrons. The molecule has 0 radical (unpaired) electrons. The molecule has 4 nitrogen and oxygen atoms in total. The number of aromatic nitrogens is 2. The molecule has 0 spiro atoms. The Labute approximate surface area is 166 Å². The van der Waals surface area contributed by atoms with Crippen molar-refractivity contribution < 1.29 is 0 Å². The van der Waals surface area contributed by atoms with E-state index in [-0.39, 0.29) is 0 Å². The number of nitrogens with zero attached hydrogens (tertiary/aromatic N) is 3. The van der Waals surface area contributed by atoms with Gasteiger partial charge in [-0.25, -0.2) is 4.98 Å². The normalized spacial score (nSPS) is 19.1. The molecule has 28 heavy (non-hydrogen) atoms. The first-order valence-electron chi connectivity index (χ1n) is 10.5. The predicted molar refractivity (Wildman–Crippen MR) is 116 cm³/mol. The SMILES string of the molecule is C=CCN1CCCc2c1ccc1c2nc(Cc2ccccc2)n1C1CCNC1. The van der Waals surface area contributed by atoms with Gasteiger partial charge in [0.15, 0.2) is 0 Å². The Morgan fingerprint density at radius 2 is 2.07 bits per heavy atom. The Morgan fingerprint density at radius 3 is 2.86 bits per heavy atom. The molecule has 1 aromatic heterocycles. The van der Waals surface area contributed by atoms with Gasteiger partial charge in [-0.3, -0.25) is 0 Å². The van der Waals surface area contributed by atoms with Crippen molar-refractivity contribution in [2.24, 2.45) is 0 Å². The molecule has 0 amide bonds. The van der Waals surface area contributed by atoms with Crippen LogP contribution in [-0.2, 0) is 12.8 Å². The fourth-order valence-electron chi connectivity index (χ4n) is 4.88. The minimum Gasteiger partial charge on any atom is -0.368 e. The lowest BCUT2D eigenvalue weighted by Crippen LogP contribution is -2.29. The lowest BCUT2D eigenvalue weighted by molar-refractivity contribution is 0.542. The van der Waals surface area contributed by atoms with Crippen LogP contribution >= 0.6 is 0 Å². The van der Waals surface area contributed by atoms with E-state index >= 15 is 0 Å². The highest BCUT2D eigenvalue weighted by atomic mass is 15.2. The molecular formula is C24H28N4. The van der Waals surface area contributed by atoms with E-state index in [1.54, 1.807) is 0 Å². The summed E-state index contributed by atoms with van der Waals surface area (Å²) in [7, 11) is 0. The Balaban J connectivity index is 1.65. The summed E-state index contributed by atoms with van der Waals surface area (Å²) in [5.74, 6) is 1.20.